The maximum absolute atomic E-state index is 2.44. The van der Waals surface area contributed by atoms with E-state index in [1.165, 1.54) is 86.1 Å². The van der Waals surface area contributed by atoms with Gasteiger partial charge in [0.15, 0.2) is 0 Å². The molecule has 2 heterocycles. The fraction of sp³-hybridized carbons (Fsp3) is 0. The van der Waals surface area contributed by atoms with E-state index < -0.39 is 0 Å². The van der Waals surface area contributed by atoms with Crippen molar-refractivity contribution in [1.82, 2.24) is 4.57 Å². The van der Waals surface area contributed by atoms with Gasteiger partial charge in [-0.25, -0.2) is 0 Å². The summed E-state index contributed by atoms with van der Waals surface area (Å²) >= 11 is 1.89. The standard InChI is InChI=1S/C58H38N2S/c1-3-14-39(15-4-1)44-29-35-56(53(37-44)41-16-5-2-6-17-41)59(47-32-34-51-52-33-28-42-18-7-8-21-48(42)58(52)61-57(51)38-47)45-30-26-40(27-31-45)43-19-13-20-46(36-43)60-54-24-11-9-22-49(54)50-23-10-12-25-55(50)60/h1-38H. The molecule has 10 aromatic carbocycles. The Hall–Kier alpha value is -7.72. The van der Waals surface area contributed by atoms with Gasteiger partial charge in [-0.1, -0.05) is 170 Å². The summed E-state index contributed by atoms with van der Waals surface area (Å²) in [6, 6.07) is 84.2. The molecule has 12 aromatic rings. The molecular weight excluding hydrogens is 757 g/mol. The highest BCUT2D eigenvalue weighted by molar-refractivity contribution is 7.26. The lowest BCUT2D eigenvalue weighted by molar-refractivity contribution is 1.18. The number of fused-ring (bicyclic) bond motifs is 8. The number of hydrogen-bond donors (Lipinski definition) is 0. The molecule has 286 valence electrons. The van der Waals surface area contributed by atoms with Crippen LogP contribution in [0.25, 0.3) is 91.8 Å². The Morgan fingerprint density at radius 3 is 1.67 bits per heavy atom. The molecule has 2 aromatic heterocycles. The number of anilines is 3. The Kier molecular flexibility index (Phi) is 8.39. The Labute approximate surface area is 358 Å². The maximum Gasteiger partial charge on any atom is 0.0541 e. The van der Waals surface area contributed by atoms with Crippen molar-refractivity contribution in [3.8, 4) is 39.1 Å². The minimum absolute atomic E-state index is 1.10. The molecule has 3 heteroatoms. The normalized spacial score (nSPS) is 11.6. The molecule has 0 aliphatic carbocycles. The van der Waals surface area contributed by atoms with E-state index in [1.54, 1.807) is 0 Å². The lowest BCUT2D eigenvalue weighted by Gasteiger charge is -2.28. The summed E-state index contributed by atoms with van der Waals surface area (Å²) in [5.41, 5.74) is 14.0. The van der Waals surface area contributed by atoms with Crippen LogP contribution in [0, 0.1) is 0 Å². The van der Waals surface area contributed by atoms with Gasteiger partial charge in [0.1, 0.15) is 0 Å². The second-order valence-corrected chi connectivity index (χ2v) is 16.8. The highest BCUT2D eigenvalue weighted by Crippen LogP contribution is 2.46. The van der Waals surface area contributed by atoms with E-state index in [2.05, 4.69) is 240 Å². The molecule has 0 saturated carbocycles. The number of nitrogens with zero attached hydrogens (tertiary/aromatic N) is 2. The second kappa shape index (κ2) is 14.5. The van der Waals surface area contributed by atoms with Crippen LogP contribution in [0.4, 0.5) is 17.1 Å². The van der Waals surface area contributed by atoms with Gasteiger partial charge in [-0.3, -0.25) is 0 Å². The van der Waals surface area contributed by atoms with E-state index in [9.17, 15) is 0 Å². The molecule has 0 fully saturated rings. The van der Waals surface area contributed by atoms with Crippen LogP contribution >= 0.6 is 11.3 Å². The molecule has 0 aliphatic rings. The molecule has 0 N–H and O–H groups in total. The van der Waals surface area contributed by atoms with E-state index >= 15 is 0 Å². The lowest BCUT2D eigenvalue weighted by Crippen LogP contribution is -2.11. The Morgan fingerprint density at radius 2 is 0.918 bits per heavy atom. The van der Waals surface area contributed by atoms with Gasteiger partial charge in [-0.2, -0.15) is 0 Å². The van der Waals surface area contributed by atoms with Crippen molar-refractivity contribution in [2.24, 2.45) is 0 Å². The van der Waals surface area contributed by atoms with E-state index in [1.807, 2.05) is 11.3 Å². The highest BCUT2D eigenvalue weighted by Gasteiger charge is 2.20. The fourth-order valence-corrected chi connectivity index (χ4v) is 10.5. The predicted octanol–water partition coefficient (Wildman–Crippen LogP) is 16.8. The van der Waals surface area contributed by atoms with Crippen LogP contribution in [0.2, 0.25) is 0 Å². The predicted molar refractivity (Wildman–Crippen MR) is 262 cm³/mol. The molecular formula is C58H38N2S. The van der Waals surface area contributed by atoms with Crippen LogP contribution in [-0.4, -0.2) is 4.57 Å². The molecule has 0 radical (unpaired) electrons. The number of thiophene rings is 1. The third-order valence-electron chi connectivity index (χ3n) is 12.2. The van der Waals surface area contributed by atoms with Crippen molar-refractivity contribution in [2.45, 2.75) is 0 Å². The summed E-state index contributed by atoms with van der Waals surface area (Å²) in [5.74, 6) is 0. The molecule has 12 rings (SSSR count). The summed E-state index contributed by atoms with van der Waals surface area (Å²) in [6.45, 7) is 0. The topological polar surface area (TPSA) is 8.17 Å². The highest BCUT2D eigenvalue weighted by atomic mass is 32.1. The van der Waals surface area contributed by atoms with Gasteiger partial charge in [0.2, 0.25) is 0 Å². The summed E-state index contributed by atoms with van der Waals surface area (Å²) in [7, 11) is 0. The average Bonchev–Trinajstić information content (AvgIpc) is 3.88. The quantitative estimate of drug-likeness (QED) is 0.156. The van der Waals surface area contributed by atoms with Gasteiger partial charge in [-0.05, 0) is 99.3 Å². The van der Waals surface area contributed by atoms with E-state index in [4.69, 9.17) is 0 Å². The molecule has 0 spiro atoms. The maximum atomic E-state index is 2.44. The minimum atomic E-state index is 1.10. The molecule has 0 amide bonds. The lowest BCUT2D eigenvalue weighted by atomic mass is 9.96. The number of para-hydroxylation sites is 2. The van der Waals surface area contributed by atoms with Gasteiger partial charge < -0.3 is 9.47 Å². The summed E-state index contributed by atoms with van der Waals surface area (Å²) < 4.78 is 5.00. The van der Waals surface area contributed by atoms with E-state index in [-0.39, 0.29) is 0 Å². The zero-order chi connectivity index (χ0) is 40.3. The SMILES string of the molecule is c1ccc(-c2ccc(N(c3ccc(-c4cccc(-n5c6ccccc6c6ccccc65)c4)cc3)c3ccc4c(c3)sc3c5ccccc5ccc43)c(-c3ccccc3)c2)cc1. The Morgan fingerprint density at radius 1 is 0.344 bits per heavy atom. The molecule has 61 heavy (non-hydrogen) atoms. The fourth-order valence-electron chi connectivity index (χ4n) is 9.28. The third-order valence-corrected chi connectivity index (χ3v) is 13.4. The second-order valence-electron chi connectivity index (χ2n) is 15.7. The van der Waals surface area contributed by atoms with Crippen molar-refractivity contribution >= 4 is 81.1 Å². The molecule has 0 atom stereocenters. The number of benzene rings is 10. The first-order chi connectivity index (χ1) is 30.2. The Bertz CT molecular complexity index is 3530. The minimum Gasteiger partial charge on any atom is -0.310 e. The van der Waals surface area contributed by atoms with Gasteiger partial charge in [0, 0.05) is 53.6 Å². The van der Waals surface area contributed by atoms with Crippen molar-refractivity contribution in [3.63, 3.8) is 0 Å². The van der Waals surface area contributed by atoms with Crippen LogP contribution in [0.3, 0.4) is 0 Å². The number of rotatable bonds is 7. The van der Waals surface area contributed by atoms with Crippen LogP contribution in [0.15, 0.2) is 231 Å². The van der Waals surface area contributed by atoms with E-state index in [0.29, 0.717) is 0 Å². The largest absolute Gasteiger partial charge is 0.310 e. The Balaban J connectivity index is 1.02. The summed E-state index contributed by atoms with van der Waals surface area (Å²) in [5, 5.41) is 7.70. The van der Waals surface area contributed by atoms with Crippen molar-refractivity contribution in [2.75, 3.05) is 4.90 Å². The molecule has 2 nitrogen and oxygen atoms in total. The van der Waals surface area contributed by atoms with Crippen molar-refractivity contribution in [3.05, 3.63) is 231 Å². The smallest absolute Gasteiger partial charge is 0.0541 e. The van der Waals surface area contributed by atoms with Gasteiger partial charge in [0.05, 0.1) is 16.7 Å². The third kappa shape index (κ3) is 6.01. The summed E-state index contributed by atoms with van der Waals surface area (Å²) in [6.07, 6.45) is 0. The van der Waals surface area contributed by atoms with Crippen molar-refractivity contribution < 1.29 is 0 Å². The zero-order valence-corrected chi connectivity index (χ0v) is 34.1. The monoisotopic (exact) mass is 794 g/mol. The van der Waals surface area contributed by atoms with Crippen LogP contribution in [0.1, 0.15) is 0 Å². The van der Waals surface area contributed by atoms with Crippen LogP contribution < -0.4 is 4.90 Å². The number of aromatic nitrogens is 1. The van der Waals surface area contributed by atoms with Crippen LogP contribution in [-0.2, 0) is 0 Å². The molecule has 0 aliphatic heterocycles. The summed E-state index contributed by atoms with van der Waals surface area (Å²) in [4.78, 5) is 2.44. The first kappa shape index (κ1) is 35.2. The van der Waals surface area contributed by atoms with E-state index in [0.717, 1.165) is 22.7 Å². The molecule has 0 saturated heterocycles. The molecule has 0 unspecified atom stereocenters. The average molecular weight is 795 g/mol. The van der Waals surface area contributed by atoms with Crippen LogP contribution in [0.5, 0.6) is 0 Å². The molecule has 0 bridgehead atoms. The van der Waals surface area contributed by atoms with Gasteiger partial charge in [-0.15, -0.1) is 11.3 Å². The zero-order valence-electron chi connectivity index (χ0n) is 33.2. The number of hydrogen-bond acceptors (Lipinski definition) is 2. The van der Waals surface area contributed by atoms with Crippen molar-refractivity contribution in [1.29, 1.82) is 0 Å². The van der Waals surface area contributed by atoms with Gasteiger partial charge in [0.25, 0.3) is 0 Å². The first-order valence-electron chi connectivity index (χ1n) is 20.8. The van der Waals surface area contributed by atoms with Gasteiger partial charge >= 0.3 is 0 Å². The first-order valence-corrected chi connectivity index (χ1v) is 21.6.